The lowest BCUT2D eigenvalue weighted by atomic mass is 10.4. The quantitative estimate of drug-likeness (QED) is 0.462. The van der Waals surface area contributed by atoms with Gasteiger partial charge in [0.25, 0.3) is 0 Å². The molecule has 0 fully saturated rings. The van der Waals surface area contributed by atoms with E-state index >= 15 is 0 Å². The highest BCUT2D eigenvalue weighted by Crippen LogP contribution is 1.87. The number of rotatable bonds is 0. The number of fused-ring (bicyclic) bond motifs is 2. The van der Waals surface area contributed by atoms with Crippen LogP contribution in [0.4, 0.5) is 0 Å². The Bertz CT molecular complexity index is 264. The molecule has 1 heteroatoms. The van der Waals surface area contributed by atoms with Crippen molar-refractivity contribution in [3.05, 3.63) is 23.0 Å². The lowest BCUT2D eigenvalue weighted by molar-refractivity contribution is 0.496. The smallest absolute Gasteiger partial charge is 0.123 e. The van der Waals surface area contributed by atoms with Crippen molar-refractivity contribution in [3.63, 3.8) is 0 Å². The van der Waals surface area contributed by atoms with Gasteiger partial charge in [-0.2, -0.15) is 0 Å². The molecule has 0 saturated heterocycles. The minimum absolute atomic E-state index is 1.00. The summed E-state index contributed by atoms with van der Waals surface area (Å²) in [5.74, 6) is 0. The molecule has 2 heterocycles. The first-order chi connectivity index (χ1) is 3.95. The van der Waals surface area contributed by atoms with E-state index < -0.39 is 0 Å². The van der Waals surface area contributed by atoms with Crippen LogP contribution in [-0.2, 0) is 0 Å². The Morgan fingerprint density at radius 2 is 1.75 bits per heavy atom. The molecule has 1 aromatic heterocycles. The van der Waals surface area contributed by atoms with Crippen LogP contribution < -0.4 is 10.8 Å². The molecule has 0 atom stereocenters. The van der Waals surface area contributed by atoms with Gasteiger partial charge in [0.15, 0.2) is 0 Å². The first kappa shape index (κ1) is 3.96. The average molecular weight is 106 g/mol. The molecule has 8 heavy (non-hydrogen) atoms. The van der Waals surface area contributed by atoms with Crippen LogP contribution in [0.15, 0.2) is 16.5 Å². The zero-order chi connectivity index (χ0) is 5.40. The van der Waals surface area contributed by atoms with Gasteiger partial charge in [-0.1, -0.05) is 0 Å². The third-order valence-corrected chi connectivity index (χ3v) is 1.29. The number of hydrogen-bond donors (Lipinski definition) is 0. The predicted molar refractivity (Wildman–Crippen MR) is 31.5 cm³/mol. The maximum Gasteiger partial charge on any atom is 0.123 e. The van der Waals surface area contributed by atoms with Crippen molar-refractivity contribution in [2.75, 3.05) is 0 Å². The van der Waals surface area contributed by atoms with Crippen molar-refractivity contribution < 1.29 is 4.42 Å². The zero-order valence-electron chi connectivity index (χ0n) is 4.42. The molecule has 0 aromatic carbocycles. The van der Waals surface area contributed by atoms with Crippen LogP contribution in [0.5, 0.6) is 0 Å². The molecule has 40 valence electrons. The summed E-state index contributed by atoms with van der Waals surface area (Å²) in [5.41, 5.74) is 2.00. The van der Waals surface area contributed by atoms with E-state index in [9.17, 15) is 0 Å². The topological polar surface area (TPSA) is 13.1 Å². The lowest BCUT2D eigenvalue weighted by Crippen LogP contribution is -2.02. The second-order valence-corrected chi connectivity index (χ2v) is 1.88. The minimum atomic E-state index is 1.00. The third kappa shape index (κ3) is 0.413. The van der Waals surface area contributed by atoms with E-state index in [0.717, 1.165) is 17.3 Å². The predicted octanol–water partition coefficient (Wildman–Crippen LogP) is 0.244. The van der Waals surface area contributed by atoms with Crippen LogP contribution in [0.1, 0.15) is 6.42 Å². The fourth-order valence-electron chi connectivity index (χ4n) is 0.879. The summed E-state index contributed by atoms with van der Waals surface area (Å²) < 4.78 is 5.21. The molecule has 0 amide bonds. The average Bonchev–Trinajstić information content (AvgIpc) is 2.12. The third-order valence-electron chi connectivity index (χ3n) is 1.29. The summed E-state index contributed by atoms with van der Waals surface area (Å²) in [4.78, 5) is 0. The van der Waals surface area contributed by atoms with E-state index in [1.807, 2.05) is 12.1 Å². The molecule has 0 saturated carbocycles. The molecule has 0 spiro atoms. The van der Waals surface area contributed by atoms with Crippen molar-refractivity contribution in [1.82, 2.24) is 0 Å². The lowest BCUT2D eigenvalue weighted by Gasteiger charge is -1.83. The second-order valence-electron chi connectivity index (χ2n) is 1.88. The van der Waals surface area contributed by atoms with Gasteiger partial charge in [0.05, 0.1) is 0 Å². The fourth-order valence-corrected chi connectivity index (χ4v) is 0.879. The van der Waals surface area contributed by atoms with Crippen LogP contribution in [0, 0.1) is 0 Å². The summed E-state index contributed by atoms with van der Waals surface area (Å²) in [6.45, 7) is 0. The second kappa shape index (κ2) is 1.25. The molecule has 0 radical (unpaired) electrons. The molecule has 0 N–H and O–H groups in total. The Labute approximate surface area is 46.9 Å². The molecule has 1 aliphatic heterocycles. The van der Waals surface area contributed by atoms with E-state index in [1.54, 1.807) is 0 Å². The number of hydrogen-bond acceptors (Lipinski definition) is 1. The standard InChI is InChI=1S/C7H6O/c1-2-6-4-5-7(3-1)8-6/h2-5H,1H2. The van der Waals surface area contributed by atoms with Gasteiger partial charge in [-0.3, -0.25) is 0 Å². The summed E-state index contributed by atoms with van der Waals surface area (Å²) in [6, 6.07) is 3.97. The van der Waals surface area contributed by atoms with Crippen molar-refractivity contribution >= 4 is 12.2 Å². The number of furan rings is 1. The molecule has 1 aliphatic rings. The highest BCUT2D eigenvalue weighted by atomic mass is 16.3. The van der Waals surface area contributed by atoms with Gasteiger partial charge in [-0.15, -0.1) is 0 Å². The molecule has 2 bridgehead atoms. The van der Waals surface area contributed by atoms with E-state index in [1.165, 1.54) is 0 Å². The van der Waals surface area contributed by atoms with Gasteiger partial charge in [-0.05, 0) is 30.7 Å². The Morgan fingerprint density at radius 1 is 1.12 bits per heavy atom. The molecule has 0 aliphatic carbocycles. The van der Waals surface area contributed by atoms with Crippen molar-refractivity contribution in [1.29, 1.82) is 0 Å². The van der Waals surface area contributed by atoms with Gasteiger partial charge >= 0.3 is 0 Å². The van der Waals surface area contributed by atoms with E-state index in [2.05, 4.69) is 12.2 Å². The maximum atomic E-state index is 5.21. The SMILES string of the molecule is C1=c2ccc(o2)=CC1. The van der Waals surface area contributed by atoms with Crippen LogP contribution in [0.2, 0.25) is 0 Å². The Morgan fingerprint density at radius 3 is 2.25 bits per heavy atom. The minimum Gasteiger partial charge on any atom is -0.458 e. The summed E-state index contributed by atoms with van der Waals surface area (Å²) in [7, 11) is 0. The van der Waals surface area contributed by atoms with E-state index in [4.69, 9.17) is 4.42 Å². The van der Waals surface area contributed by atoms with Gasteiger partial charge < -0.3 is 4.42 Å². The molecule has 1 aromatic rings. The maximum absolute atomic E-state index is 5.21. The Hall–Kier alpha value is -0.980. The van der Waals surface area contributed by atoms with Crippen LogP contribution in [0.25, 0.3) is 12.2 Å². The molecule has 1 nitrogen and oxygen atoms in total. The Balaban J connectivity index is 3.04. The molecular weight excluding hydrogens is 100 g/mol. The van der Waals surface area contributed by atoms with Crippen LogP contribution in [-0.4, -0.2) is 0 Å². The van der Waals surface area contributed by atoms with Crippen molar-refractivity contribution in [3.8, 4) is 0 Å². The first-order valence-electron chi connectivity index (χ1n) is 2.71. The van der Waals surface area contributed by atoms with E-state index in [0.29, 0.717) is 0 Å². The fraction of sp³-hybridized carbons (Fsp3) is 0.143. The normalized spacial score (nSPS) is 14.5. The van der Waals surface area contributed by atoms with Gasteiger partial charge in [0.1, 0.15) is 10.8 Å². The highest BCUT2D eigenvalue weighted by molar-refractivity contribution is 5.37. The molecular formula is C7H6O. The van der Waals surface area contributed by atoms with Crippen LogP contribution in [0.3, 0.4) is 0 Å². The van der Waals surface area contributed by atoms with Gasteiger partial charge in [0.2, 0.25) is 0 Å². The Kier molecular flexibility index (Phi) is 0.618. The molecule has 2 rings (SSSR count). The monoisotopic (exact) mass is 106 g/mol. The van der Waals surface area contributed by atoms with Gasteiger partial charge in [0, 0.05) is 0 Å². The largest absolute Gasteiger partial charge is 0.458 e. The van der Waals surface area contributed by atoms with Crippen LogP contribution >= 0.6 is 0 Å². The van der Waals surface area contributed by atoms with Crippen molar-refractivity contribution in [2.45, 2.75) is 6.42 Å². The summed E-state index contributed by atoms with van der Waals surface area (Å²) in [5, 5.41) is 0. The van der Waals surface area contributed by atoms with Crippen molar-refractivity contribution in [2.24, 2.45) is 0 Å². The molecule has 0 unspecified atom stereocenters. The summed E-state index contributed by atoms with van der Waals surface area (Å²) in [6.07, 6.45) is 5.15. The highest BCUT2D eigenvalue weighted by Gasteiger charge is 1.89. The zero-order valence-corrected chi connectivity index (χ0v) is 4.42. The first-order valence-corrected chi connectivity index (χ1v) is 2.71. The van der Waals surface area contributed by atoms with E-state index in [-0.39, 0.29) is 0 Å². The van der Waals surface area contributed by atoms with Gasteiger partial charge in [-0.25, -0.2) is 0 Å². The summed E-state index contributed by atoms with van der Waals surface area (Å²) >= 11 is 0.